The minimum absolute atomic E-state index is 0.0693. The van der Waals surface area contributed by atoms with E-state index in [0.717, 1.165) is 38.5 Å². The van der Waals surface area contributed by atoms with E-state index in [0.29, 0.717) is 19.8 Å². The molecule has 0 amide bonds. The minimum atomic E-state index is -3.55. The molecule has 0 saturated carbocycles. The molecule has 20 heavy (non-hydrogen) atoms. The van der Waals surface area contributed by atoms with Crippen LogP contribution in [-0.4, -0.2) is 25.9 Å². The second kappa shape index (κ2) is 13.2. The summed E-state index contributed by atoms with van der Waals surface area (Å²) in [4.78, 5) is 0. The molecule has 0 aromatic carbocycles. The van der Waals surface area contributed by atoms with Gasteiger partial charge in [0.1, 0.15) is 0 Å². The first kappa shape index (κ1) is 20.6. The van der Waals surface area contributed by atoms with Crippen LogP contribution < -0.4 is 0 Å². The monoisotopic (exact) mass is 326 g/mol. The first-order valence-corrected chi connectivity index (χ1v) is 10.7. The van der Waals surface area contributed by atoms with Crippen LogP contribution >= 0.6 is 0 Å². The van der Waals surface area contributed by atoms with Gasteiger partial charge in [0.15, 0.2) is 0 Å². The molecule has 0 aromatic rings. The van der Waals surface area contributed by atoms with Gasteiger partial charge in [-0.3, -0.25) is 0 Å². The number of unbranched alkanes of at least 4 members (excludes halogenated alkanes) is 3. The summed E-state index contributed by atoms with van der Waals surface area (Å²) in [6, 6.07) is 0. The van der Waals surface area contributed by atoms with Gasteiger partial charge in [0.25, 0.3) is 0 Å². The van der Waals surface area contributed by atoms with E-state index in [-0.39, 0.29) is 6.10 Å². The Morgan fingerprint density at radius 3 is 1.30 bits per heavy atom. The fourth-order valence-electron chi connectivity index (χ4n) is 1.54. The summed E-state index contributed by atoms with van der Waals surface area (Å²) in [5.41, 5.74) is 0. The zero-order valence-electron chi connectivity index (χ0n) is 14.1. The normalized spacial score (nSPS) is 12.3. The summed E-state index contributed by atoms with van der Waals surface area (Å²) in [5, 5.41) is 0. The third-order valence-corrected chi connectivity index (χ3v) is 6.51. The fourth-order valence-corrected chi connectivity index (χ4v) is 5.00. The third-order valence-electron chi connectivity index (χ3n) is 2.71. The van der Waals surface area contributed by atoms with Gasteiger partial charge in [-0.25, -0.2) is 0 Å². The molecule has 0 bridgehead atoms. The van der Waals surface area contributed by atoms with E-state index in [9.17, 15) is 0 Å². The van der Waals surface area contributed by atoms with Crippen LogP contribution in [-0.2, 0) is 31.4 Å². The summed E-state index contributed by atoms with van der Waals surface area (Å²) in [5.74, 6) is 0. The van der Waals surface area contributed by atoms with Crippen molar-refractivity contribution < 1.29 is 31.4 Å². The molecule has 0 aliphatic heterocycles. The van der Waals surface area contributed by atoms with Gasteiger partial charge in [-0.15, -0.1) is 0 Å². The van der Waals surface area contributed by atoms with Crippen LogP contribution in [0.2, 0.25) is 0 Å². The van der Waals surface area contributed by atoms with Crippen LogP contribution in [0.25, 0.3) is 0 Å². The first-order valence-electron chi connectivity index (χ1n) is 8.19. The first-order chi connectivity index (χ1) is 9.60. The maximum absolute atomic E-state index is 6.00. The summed E-state index contributed by atoms with van der Waals surface area (Å²) in [7, 11) is 0. The summed E-state index contributed by atoms with van der Waals surface area (Å²) in [6.45, 7) is 12.5. The molecule has 0 aliphatic rings. The second-order valence-electron chi connectivity index (χ2n) is 5.27. The molecular formula is C15H34O4Ti. The number of hydrogen-bond acceptors (Lipinski definition) is 4. The molecule has 0 spiro atoms. The fraction of sp³-hybridized carbons (Fsp3) is 1.00. The van der Waals surface area contributed by atoms with Gasteiger partial charge in [-0.1, -0.05) is 0 Å². The number of rotatable bonds is 14. The molecule has 0 N–H and O–H groups in total. The van der Waals surface area contributed by atoms with E-state index >= 15 is 0 Å². The Balaban J connectivity index is 4.57. The van der Waals surface area contributed by atoms with E-state index < -0.39 is 18.1 Å². The van der Waals surface area contributed by atoms with Crippen LogP contribution in [0.5, 0.6) is 0 Å². The predicted octanol–water partition coefficient (Wildman–Crippen LogP) is 4.68. The van der Waals surface area contributed by atoms with E-state index in [2.05, 4.69) is 20.8 Å². The molecule has 0 radical (unpaired) electrons. The molecule has 0 fully saturated rings. The van der Waals surface area contributed by atoms with Gasteiger partial charge < -0.3 is 0 Å². The molecule has 122 valence electrons. The van der Waals surface area contributed by atoms with Crippen molar-refractivity contribution in [2.75, 3.05) is 19.8 Å². The van der Waals surface area contributed by atoms with E-state index in [4.69, 9.17) is 13.3 Å². The summed E-state index contributed by atoms with van der Waals surface area (Å²) < 4.78 is 24.0. The predicted molar refractivity (Wildman–Crippen MR) is 78.8 cm³/mol. The van der Waals surface area contributed by atoms with Crippen molar-refractivity contribution in [1.29, 1.82) is 0 Å². The SMILES string of the molecule is CCCC[O][Ti]([O]CCCC)([O]CCCC)[O]C(C)C. The quantitative estimate of drug-likeness (QED) is 0.343. The third kappa shape index (κ3) is 10.3. The number of hydrogen-bond donors (Lipinski definition) is 0. The average molecular weight is 326 g/mol. The van der Waals surface area contributed by atoms with Crippen molar-refractivity contribution in [3.8, 4) is 0 Å². The summed E-state index contributed by atoms with van der Waals surface area (Å²) in [6.07, 6.45) is 6.42. The van der Waals surface area contributed by atoms with Crippen molar-refractivity contribution in [2.24, 2.45) is 0 Å². The Morgan fingerprint density at radius 1 is 0.700 bits per heavy atom. The topological polar surface area (TPSA) is 36.9 Å². The molecular weight excluding hydrogens is 292 g/mol. The second-order valence-corrected chi connectivity index (χ2v) is 8.55. The molecule has 0 unspecified atom stereocenters. The summed E-state index contributed by atoms with van der Waals surface area (Å²) >= 11 is -3.55. The Hall–Kier alpha value is 0.554. The Morgan fingerprint density at radius 2 is 1.05 bits per heavy atom. The molecule has 4 nitrogen and oxygen atoms in total. The van der Waals surface area contributed by atoms with Gasteiger partial charge in [0.05, 0.1) is 0 Å². The Kier molecular flexibility index (Phi) is 13.6. The van der Waals surface area contributed by atoms with Gasteiger partial charge >= 0.3 is 130 Å². The standard InChI is InChI=1S/3C4H9O.C3H7O.Ti/c3*1-2-3-4-5;1-3(2)4;/h3*2-4H2,1H3;3H,1-2H3;/q4*-1;+4. The Bertz CT molecular complexity index is 186. The molecule has 0 heterocycles. The van der Waals surface area contributed by atoms with Gasteiger partial charge in [-0.05, 0) is 0 Å². The van der Waals surface area contributed by atoms with Crippen molar-refractivity contribution in [3.63, 3.8) is 0 Å². The zero-order chi connectivity index (χ0) is 15.3. The van der Waals surface area contributed by atoms with E-state index in [1.165, 1.54) is 0 Å². The van der Waals surface area contributed by atoms with Gasteiger partial charge in [0, 0.05) is 0 Å². The van der Waals surface area contributed by atoms with Crippen LogP contribution in [0.3, 0.4) is 0 Å². The van der Waals surface area contributed by atoms with Crippen molar-refractivity contribution >= 4 is 0 Å². The van der Waals surface area contributed by atoms with Crippen LogP contribution in [0.4, 0.5) is 0 Å². The molecule has 0 atom stereocenters. The molecule has 0 aromatic heterocycles. The molecule has 0 rings (SSSR count). The molecule has 5 heteroatoms. The maximum atomic E-state index is 6.00. The Labute approximate surface area is 130 Å². The van der Waals surface area contributed by atoms with Gasteiger partial charge in [0.2, 0.25) is 0 Å². The zero-order valence-corrected chi connectivity index (χ0v) is 15.6. The van der Waals surface area contributed by atoms with Crippen molar-refractivity contribution in [2.45, 2.75) is 79.2 Å². The van der Waals surface area contributed by atoms with Crippen LogP contribution in [0, 0.1) is 0 Å². The van der Waals surface area contributed by atoms with E-state index in [1.807, 2.05) is 13.8 Å². The van der Waals surface area contributed by atoms with E-state index in [1.54, 1.807) is 0 Å². The average Bonchev–Trinajstić information content (AvgIpc) is 2.39. The van der Waals surface area contributed by atoms with Crippen molar-refractivity contribution in [3.05, 3.63) is 0 Å². The van der Waals surface area contributed by atoms with Crippen LogP contribution in [0.1, 0.15) is 73.1 Å². The molecule has 0 saturated heterocycles. The van der Waals surface area contributed by atoms with Gasteiger partial charge in [-0.2, -0.15) is 0 Å². The van der Waals surface area contributed by atoms with Crippen LogP contribution in [0.15, 0.2) is 0 Å². The molecule has 0 aliphatic carbocycles. The van der Waals surface area contributed by atoms with Crippen molar-refractivity contribution in [1.82, 2.24) is 0 Å².